The van der Waals surface area contributed by atoms with Crippen LogP contribution < -0.4 is 5.32 Å². The first-order valence-corrected chi connectivity index (χ1v) is 6.93. The molecule has 1 heterocycles. The Labute approximate surface area is 126 Å². The molecule has 0 spiro atoms. The maximum absolute atomic E-state index is 12.6. The number of hydrogen-bond donors (Lipinski definition) is 1. The average molecular weight is 305 g/mol. The number of carbonyl (C=O) groups is 1. The van der Waals surface area contributed by atoms with Gasteiger partial charge in [0.15, 0.2) is 0 Å². The van der Waals surface area contributed by atoms with Crippen LogP contribution in [0, 0.1) is 6.92 Å². The maximum Gasteiger partial charge on any atom is 0.416 e. The van der Waals surface area contributed by atoms with E-state index in [1.165, 1.54) is 12.1 Å². The SMILES string of the molecule is Cc1cccc2c1NC(=O)C2Cc1ccc(C(F)(F)F)cc1. The van der Waals surface area contributed by atoms with E-state index in [2.05, 4.69) is 5.32 Å². The number of anilines is 1. The van der Waals surface area contributed by atoms with Gasteiger partial charge in [0.1, 0.15) is 0 Å². The highest BCUT2D eigenvalue weighted by atomic mass is 19.4. The molecule has 0 saturated heterocycles. The van der Waals surface area contributed by atoms with E-state index >= 15 is 0 Å². The third-order valence-corrected chi connectivity index (χ3v) is 3.97. The van der Waals surface area contributed by atoms with Crippen LogP contribution in [0.2, 0.25) is 0 Å². The molecular weight excluding hydrogens is 291 g/mol. The Morgan fingerprint density at radius 1 is 1.09 bits per heavy atom. The maximum atomic E-state index is 12.6. The topological polar surface area (TPSA) is 29.1 Å². The first kappa shape index (κ1) is 14.6. The van der Waals surface area contributed by atoms with Crippen molar-refractivity contribution < 1.29 is 18.0 Å². The van der Waals surface area contributed by atoms with E-state index in [-0.39, 0.29) is 11.8 Å². The van der Waals surface area contributed by atoms with Gasteiger partial charge in [-0.05, 0) is 42.2 Å². The van der Waals surface area contributed by atoms with Crippen LogP contribution in [0.4, 0.5) is 18.9 Å². The average Bonchev–Trinajstić information content (AvgIpc) is 2.77. The van der Waals surface area contributed by atoms with Crippen molar-refractivity contribution in [1.82, 2.24) is 0 Å². The molecule has 0 radical (unpaired) electrons. The van der Waals surface area contributed by atoms with Crippen LogP contribution in [0.3, 0.4) is 0 Å². The van der Waals surface area contributed by atoms with Crippen LogP contribution in [-0.2, 0) is 17.4 Å². The van der Waals surface area contributed by atoms with Gasteiger partial charge in [0.25, 0.3) is 0 Å². The highest BCUT2D eigenvalue weighted by Gasteiger charge is 2.32. The number of fused-ring (bicyclic) bond motifs is 1. The van der Waals surface area contributed by atoms with Gasteiger partial charge in [-0.15, -0.1) is 0 Å². The normalized spacial score (nSPS) is 17.3. The smallest absolute Gasteiger partial charge is 0.325 e. The van der Waals surface area contributed by atoms with E-state index in [4.69, 9.17) is 0 Å². The summed E-state index contributed by atoms with van der Waals surface area (Å²) in [4.78, 5) is 12.1. The summed E-state index contributed by atoms with van der Waals surface area (Å²) in [6.07, 6.45) is -3.95. The molecule has 3 rings (SSSR count). The summed E-state index contributed by atoms with van der Waals surface area (Å²) in [5.41, 5.74) is 2.75. The number of hydrogen-bond acceptors (Lipinski definition) is 1. The Morgan fingerprint density at radius 3 is 2.41 bits per heavy atom. The number of carbonyl (C=O) groups excluding carboxylic acids is 1. The highest BCUT2D eigenvalue weighted by Crippen LogP contribution is 2.37. The lowest BCUT2D eigenvalue weighted by molar-refractivity contribution is -0.137. The second-order valence-corrected chi connectivity index (χ2v) is 5.48. The van der Waals surface area contributed by atoms with Gasteiger partial charge in [-0.25, -0.2) is 0 Å². The molecule has 0 saturated carbocycles. The number of rotatable bonds is 2. The second-order valence-electron chi connectivity index (χ2n) is 5.48. The molecule has 1 amide bonds. The summed E-state index contributed by atoms with van der Waals surface area (Å²) in [7, 11) is 0. The van der Waals surface area contributed by atoms with Crippen molar-refractivity contribution >= 4 is 11.6 Å². The molecule has 1 N–H and O–H groups in total. The minimum absolute atomic E-state index is 0.107. The number of alkyl halides is 3. The van der Waals surface area contributed by atoms with Gasteiger partial charge in [-0.1, -0.05) is 30.3 Å². The predicted octanol–water partition coefficient (Wildman–Crippen LogP) is 4.29. The molecule has 0 fully saturated rings. The number of benzene rings is 2. The van der Waals surface area contributed by atoms with E-state index in [9.17, 15) is 18.0 Å². The van der Waals surface area contributed by atoms with Crippen LogP contribution in [0.5, 0.6) is 0 Å². The molecule has 2 aromatic rings. The molecule has 1 aliphatic heterocycles. The van der Waals surface area contributed by atoms with E-state index in [1.807, 2.05) is 25.1 Å². The molecule has 0 aliphatic carbocycles. The van der Waals surface area contributed by atoms with Crippen molar-refractivity contribution in [1.29, 1.82) is 0 Å². The standard InChI is InChI=1S/C17H14F3NO/c1-10-3-2-4-13-14(16(22)21-15(10)13)9-11-5-7-12(8-6-11)17(18,19)20/h2-8,14H,9H2,1H3,(H,21,22). The Hall–Kier alpha value is -2.30. The van der Waals surface area contributed by atoms with Crippen molar-refractivity contribution in [2.45, 2.75) is 25.4 Å². The lowest BCUT2D eigenvalue weighted by Crippen LogP contribution is -2.14. The molecule has 0 aromatic heterocycles. The lowest BCUT2D eigenvalue weighted by Gasteiger charge is -2.11. The zero-order valence-electron chi connectivity index (χ0n) is 11.9. The zero-order valence-corrected chi connectivity index (χ0v) is 11.9. The first-order valence-electron chi connectivity index (χ1n) is 6.93. The third-order valence-electron chi connectivity index (χ3n) is 3.97. The van der Waals surface area contributed by atoms with Crippen LogP contribution in [0.1, 0.15) is 28.2 Å². The highest BCUT2D eigenvalue weighted by molar-refractivity contribution is 6.03. The fraction of sp³-hybridized carbons (Fsp3) is 0.235. The summed E-state index contributed by atoms with van der Waals surface area (Å²) < 4.78 is 37.7. The van der Waals surface area contributed by atoms with Gasteiger partial charge in [0.05, 0.1) is 11.5 Å². The van der Waals surface area contributed by atoms with E-state index < -0.39 is 11.7 Å². The molecule has 2 nitrogen and oxygen atoms in total. The van der Waals surface area contributed by atoms with Crippen LogP contribution >= 0.6 is 0 Å². The zero-order chi connectivity index (χ0) is 15.9. The summed E-state index contributed by atoms with van der Waals surface area (Å²) in [5.74, 6) is -0.462. The van der Waals surface area contributed by atoms with Crippen LogP contribution in [-0.4, -0.2) is 5.91 Å². The van der Waals surface area contributed by atoms with Gasteiger partial charge in [0.2, 0.25) is 5.91 Å². The minimum atomic E-state index is -4.34. The fourth-order valence-corrected chi connectivity index (χ4v) is 2.77. The molecule has 1 atom stereocenters. The Kier molecular flexibility index (Phi) is 3.43. The molecular formula is C17H14F3NO. The molecule has 1 aliphatic rings. The Balaban J connectivity index is 1.85. The fourth-order valence-electron chi connectivity index (χ4n) is 2.77. The second kappa shape index (κ2) is 5.16. The summed E-state index contributed by atoms with van der Waals surface area (Å²) in [6.45, 7) is 1.92. The quantitative estimate of drug-likeness (QED) is 0.881. The summed E-state index contributed by atoms with van der Waals surface area (Å²) in [6, 6.07) is 10.7. The third kappa shape index (κ3) is 2.58. The Bertz CT molecular complexity index is 720. The monoisotopic (exact) mass is 305 g/mol. The van der Waals surface area contributed by atoms with Crippen molar-refractivity contribution in [2.24, 2.45) is 0 Å². The van der Waals surface area contributed by atoms with Crippen molar-refractivity contribution in [3.8, 4) is 0 Å². The van der Waals surface area contributed by atoms with Gasteiger partial charge >= 0.3 is 6.18 Å². The van der Waals surface area contributed by atoms with Gasteiger partial charge < -0.3 is 5.32 Å². The van der Waals surface area contributed by atoms with Gasteiger partial charge in [-0.3, -0.25) is 4.79 Å². The number of para-hydroxylation sites is 1. The lowest BCUT2D eigenvalue weighted by atomic mass is 9.92. The van der Waals surface area contributed by atoms with Crippen LogP contribution in [0.25, 0.3) is 0 Å². The number of nitrogens with one attached hydrogen (secondary N) is 1. The van der Waals surface area contributed by atoms with E-state index in [0.717, 1.165) is 28.9 Å². The van der Waals surface area contributed by atoms with E-state index in [1.54, 1.807) is 0 Å². The predicted molar refractivity (Wildman–Crippen MR) is 77.7 cm³/mol. The van der Waals surface area contributed by atoms with E-state index in [0.29, 0.717) is 12.0 Å². The molecule has 114 valence electrons. The summed E-state index contributed by atoms with van der Waals surface area (Å²) in [5, 5.41) is 2.85. The number of halogens is 3. The summed E-state index contributed by atoms with van der Waals surface area (Å²) >= 11 is 0. The largest absolute Gasteiger partial charge is 0.416 e. The Morgan fingerprint density at radius 2 is 1.77 bits per heavy atom. The minimum Gasteiger partial charge on any atom is -0.325 e. The van der Waals surface area contributed by atoms with Gasteiger partial charge in [-0.2, -0.15) is 13.2 Å². The van der Waals surface area contributed by atoms with Gasteiger partial charge in [0, 0.05) is 5.69 Å². The van der Waals surface area contributed by atoms with Crippen LogP contribution in [0.15, 0.2) is 42.5 Å². The number of amides is 1. The van der Waals surface area contributed by atoms with Crippen molar-refractivity contribution in [3.63, 3.8) is 0 Å². The first-order chi connectivity index (χ1) is 10.4. The van der Waals surface area contributed by atoms with Crippen molar-refractivity contribution in [2.75, 3.05) is 5.32 Å². The molecule has 5 heteroatoms. The number of aryl methyl sites for hydroxylation is 1. The molecule has 22 heavy (non-hydrogen) atoms. The molecule has 0 bridgehead atoms. The molecule has 1 unspecified atom stereocenters. The van der Waals surface area contributed by atoms with Crippen molar-refractivity contribution in [3.05, 3.63) is 64.7 Å². The molecule has 2 aromatic carbocycles.